The van der Waals surface area contributed by atoms with Gasteiger partial charge in [0.1, 0.15) is 5.82 Å². The Bertz CT molecular complexity index is 808. The molecule has 0 aliphatic rings. The second kappa shape index (κ2) is 7.32. The largest absolute Gasteiger partial charge is 0.374 e. The summed E-state index contributed by atoms with van der Waals surface area (Å²) in [5, 5.41) is 15.7. The summed E-state index contributed by atoms with van der Waals surface area (Å²) in [7, 11) is 0. The van der Waals surface area contributed by atoms with Gasteiger partial charge in [0, 0.05) is 23.4 Å². The smallest absolute Gasteiger partial charge is 0.271 e. The predicted molar refractivity (Wildman–Crippen MR) is 86.6 cm³/mol. The molecule has 0 saturated carbocycles. The molecule has 2 N–H and O–H groups in total. The van der Waals surface area contributed by atoms with Gasteiger partial charge in [-0.25, -0.2) is 4.39 Å². The fourth-order valence-corrected chi connectivity index (χ4v) is 1.96. The summed E-state index contributed by atoms with van der Waals surface area (Å²) in [6, 6.07) is 9.38. The highest BCUT2D eigenvalue weighted by Gasteiger charge is 2.12. The van der Waals surface area contributed by atoms with Crippen LogP contribution < -0.4 is 10.6 Å². The van der Waals surface area contributed by atoms with Crippen molar-refractivity contribution in [2.75, 3.05) is 17.2 Å². The van der Waals surface area contributed by atoms with Gasteiger partial charge in [0.15, 0.2) is 5.78 Å². The van der Waals surface area contributed by atoms with E-state index in [0.717, 1.165) is 18.2 Å². The number of benzene rings is 2. The number of amides is 1. The van der Waals surface area contributed by atoms with Crippen LogP contribution in [0, 0.1) is 15.9 Å². The molecule has 124 valence electrons. The predicted octanol–water partition coefficient (Wildman–Crippen LogP) is 2.99. The fourth-order valence-electron chi connectivity index (χ4n) is 1.96. The molecule has 0 aliphatic heterocycles. The highest BCUT2D eigenvalue weighted by molar-refractivity contribution is 5.98. The Morgan fingerprint density at radius 1 is 1.21 bits per heavy atom. The van der Waals surface area contributed by atoms with Crippen LogP contribution in [0.25, 0.3) is 0 Å². The summed E-state index contributed by atoms with van der Waals surface area (Å²) >= 11 is 0. The van der Waals surface area contributed by atoms with E-state index in [1.807, 2.05) is 0 Å². The van der Waals surface area contributed by atoms with E-state index in [9.17, 15) is 24.1 Å². The number of hydrogen-bond acceptors (Lipinski definition) is 5. The molecule has 2 aromatic carbocycles. The van der Waals surface area contributed by atoms with E-state index < -0.39 is 16.6 Å². The van der Waals surface area contributed by atoms with Crippen molar-refractivity contribution < 1.29 is 18.9 Å². The molecule has 24 heavy (non-hydrogen) atoms. The maximum absolute atomic E-state index is 13.6. The molecular weight excluding hydrogens is 317 g/mol. The molecule has 0 aliphatic carbocycles. The minimum atomic E-state index is -0.702. The van der Waals surface area contributed by atoms with Crippen molar-refractivity contribution in [2.45, 2.75) is 6.92 Å². The molecule has 0 unspecified atom stereocenters. The van der Waals surface area contributed by atoms with Crippen molar-refractivity contribution in [3.8, 4) is 0 Å². The van der Waals surface area contributed by atoms with Crippen molar-refractivity contribution in [1.29, 1.82) is 0 Å². The second-order valence-corrected chi connectivity index (χ2v) is 4.96. The average Bonchev–Trinajstić information content (AvgIpc) is 2.54. The van der Waals surface area contributed by atoms with Crippen molar-refractivity contribution in [3.05, 3.63) is 64.0 Å². The number of anilines is 2. The van der Waals surface area contributed by atoms with Gasteiger partial charge >= 0.3 is 0 Å². The van der Waals surface area contributed by atoms with Gasteiger partial charge in [-0.1, -0.05) is 12.1 Å². The molecule has 0 radical (unpaired) electrons. The quantitative estimate of drug-likeness (QED) is 0.481. The zero-order chi connectivity index (χ0) is 17.7. The summed E-state index contributed by atoms with van der Waals surface area (Å²) in [6.45, 7) is 1.12. The van der Waals surface area contributed by atoms with E-state index in [-0.39, 0.29) is 23.7 Å². The van der Waals surface area contributed by atoms with Crippen LogP contribution >= 0.6 is 0 Å². The Hall–Kier alpha value is -3.29. The zero-order valence-electron chi connectivity index (χ0n) is 12.7. The number of nitrogens with one attached hydrogen (secondary N) is 2. The number of carbonyl (C=O) groups is 2. The Morgan fingerprint density at radius 3 is 2.62 bits per heavy atom. The normalized spacial score (nSPS) is 10.1. The van der Waals surface area contributed by atoms with Gasteiger partial charge < -0.3 is 10.6 Å². The van der Waals surface area contributed by atoms with Gasteiger partial charge in [-0.05, 0) is 25.1 Å². The molecule has 1 amide bonds. The third-order valence-corrected chi connectivity index (χ3v) is 3.15. The van der Waals surface area contributed by atoms with Gasteiger partial charge in [0.2, 0.25) is 5.91 Å². The van der Waals surface area contributed by atoms with Gasteiger partial charge in [0.25, 0.3) is 5.69 Å². The van der Waals surface area contributed by atoms with Gasteiger partial charge in [-0.3, -0.25) is 19.7 Å². The lowest BCUT2D eigenvalue weighted by atomic mass is 10.1. The number of nitro groups is 1. The van der Waals surface area contributed by atoms with Crippen LogP contribution in [0.4, 0.5) is 21.5 Å². The highest BCUT2D eigenvalue weighted by atomic mass is 19.1. The maximum Gasteiger partial charge on any atom is 0.271 e. The number of nitro benzene ring substituents is 1. The summed E-state index contributed by atoms with van der Waals surface area (Å²) in [5.74, 6) is -1.32. The Balaban J connectivity index is 2.01. The van der Waals surface area contributed by atoms with Crippen LogP contribution in [0.3, 0.4) is 0 Å². The summed E-state index contributed by atoms with van der Waals surface area (Å²) < 4.78 is 13.6. The first kappa shape index (κ1) is 17.1. The lowest BCUT2D eigenvalue weighted by Gasteiger charge is -2.09. The van der Waals surface area contributed by atoms with Crippen LogP contribution in [0.2, 0.25) is 0 Å². The average molecular weight is 331 g/mol. The first-order chi connectivity index (χ1) is 11.4. The maximum atomic E-state index is 13.6. The first-order valence-corrected chi connectivity index (χ1v) is 6.95. The number of carbonyl (C=O) groups excluding carboxylic acids is 2. The lowest BCUT2D eigenvalue weighted by molar-refractivity contribution is -0.384. The Labute approximate surface area is 136 Å². The number of rotatable bonds is 6. The SMILES string of the molecule is CC(=O)c1cccc(NC(=O)CNc2cc([N+](=O)[O-])ccc2F)c1. The summed E-state index contributed by atoms with van der Waals surface area (Å²) in [4.78, 5) is 33.2. The number of Topliss-reactive ketones (excluding diaryl/α,β-unsaturated/α-hetero) is 1. The van der Waals surface area contributed by atoms with E-state index in [2.05, 4.69) is 10.6 Å². The molecule has 0 spiro atoms. The van der Waals surface area contributed by atoms with Gasteiger partial charge in [-0.15, -0.1) is 0 Å². The Morgan fingerprint density at radius 2 is 1.96 bits per heavy atom. The fraction of sp³-hybridized carbons (Fsp3) is 0.125. The standard InChI is InChI=1S/C16H14FN3O4/c1-10(21)11-3-2-4-12(7-11)19-16(22)9-18-15-8-13(20(23)24)5-6-14(15)17/h2-8,18H,9H2,1H3,(H,19,22). The van der Waals surface area contributed by atoms with E-state index in [4.69, 9.17) is 0 Å². The van der Waals surface area contributed by atoms with Crippen LogP contribution in [0.5, 0.6) is 0 Å². The molecule has 8 heteroatoms. The second-order valence-electron chi connectivity index (χ2n) is 4.96. The van der Waals surface area contributed by atoms with Crippen LogP contribution in [0.15, 0.2) is 42.5 Å². The number of hydrogen-bond donors (Lipinski definition) is 2. The van der Waals surface area contributed by atoms with Crippen molar-refractivity contribution in [1.82, 2.24) is 0 Å². The van der Waals surface area contributed by atoms with Crippen molar-refractivity contribution in [2.24, 2.45) is 0 Å². The topological polar surface area (TPSA) is 101 Å². The molecule has 0 saturated heterocycles. The van der Waals surface area contributed by atoms with Crippen LogP contribution in [-0.4, -0.2) is 23.2 Å². The Kier molecular flexibility index (Phi) is 5.20. The zero-order valence-corrected chi connectivity index (χ0v) is 12.7. The van der Waals surface area contributed by atoms with E-state index in [0.29, 0.717) is 11.3 Å². The molecule has 7 nitrogen and oxygen atoms in total. The number of ketones is 1. The molecule has 0 bridgehead atoms. The summed E-state index contributed by atoms with van der Waals surface area (Å²) in [6.07, 6.45) is 0. The molecule has 0 fully saturated rings. The first-order valence-electron chi connectivity index (χ1n) is 6.95. The molecule has 0 aromatic heterocycles. The minimum Gasteiger partial charge on any atom is -0.374 e. The van der Waals surface area contributed by atoms with Gasteiger partial charge in [0.05, 0.1) is 17.2 Å². The number of halogens is 1. The third kappa shape index (κ3) is 4.35. The molecule has 0 heterocycles. The van der Waals surface area contributed by atoms with Crippen molar-refractivity contribution >= 4 is 28.8 Å². The van der Waals surface area contributed by atoms with Crippen LogP contribution in [0.1, 0.15) is 17.3 Å². The van der Waals surface area contributed by atoms with E-state index in [1.165, 1.54) is 13.0 Å². The molecule has 2 aromatic rings. The van der Waals surface area contributed by atoms with Crippen molar-refractivity contribution in [3.63, 3.8) is 0 Å². The monoisotopic (exact) mass is 331 g/mol. The minimum absolute atomic E-state index is 0.136. The summed E-state index contributed by atoms with van der Waals surface area (Å²) in [5.41, 5.74) is 0.449. The molecular formula is C16H14FN3O4. The number of non-ortho nitro benzene ring substituents is 1. The molecule has 2 rings (SSSR count). The van der Waals surface area contributed by atoms with Crippen LogP contribution in [-0.2, 0) is 4.79 Å². The van der Waals surface area contributed by atoms with E-state index in [1.54, 1.807) is 18.2 Å². The van der Waals surface area contributed by atoms with E-state index >= 15 is 0 Å². The van der Waals surface area contributed by atoms with Gasteiger partial charge in [-0.2, -0.15) is 0 Å². The highest BCUT2D eigenvalue weighted by Crippen LogP contribution is 2.21. The molecule has 0 atom stereocenters. The third-order valence-electron chi connectivity index (χ3n) is 3.15. The lowest BCUT2D eigenvalue weighted by Crippen LogP contribution is -2.22. The number of nitrogens with zero attached hydrogens (tertiary/aromatic N) is 1.